The van der Waals surface area contributed by atoms with Crippen LogP contribution in [0.25, 0.3) is 22.3 Å². The van der Waals surface area contributed by atoms with E-state index in [1.807, 2.05) is 36.7 Å². The number of aromatic nitrogens is 3. The second-order valence-corrected chi connectivity index (χ2v) is 7.13. The number of nitrogen functional groups attached to an aromatic ring is 1. The summed E-state index contributed by atoms with van der Waals surface area (Å²) in [7, 11) is 0. The minimum atomic E-state index is -0.666. The fraction of sp³-hybridized carbons (Fsp3) is 0.318. The monoisotopic (exact) mass is 373 g/mol. The van der Waals surface area contributed by atoms with Gasteiger partial charge in [-0.05, 0) is 50.6 Å². The molecule has 0 saturated carbocycles. The Bertz CT molecular complexity index is 1060. The van der Waals surface area contributed by atoms with E-state index in [-0.39, 0.29) is 0 Å². The van der Waals surface area contributed by atoms with Crippen LogP contribution in [0.5, 0.6) is 0 Å². The Balaban J connectivity index is 1.71. The molecule has 142 valence electrons. The molecule has 6 nitrogen and oxygen atoms in total. The summed E-state index contributed by atoms with van der Waals surface area (Å²) < 4.78 is 0. The number of pyridine rings is 1. The average molecular weight is 373 g/mol. The van der Waals surface area contributed by atoms with E-state index < -0.39 is 6.10 Å². The topological polar surface area (TPSA) is 88.2 Å². The standard InChI is InChI=1S/C22H23N5O/c1-15(28)7-8-16-5-4-6-17(11-16)22-25-13-19-18(14-27-9-2-3-10-27)12-24-21(23)20(19)26-22/h4-6,11-13,15,28H,2-3,9-10,14H2,1H3,(H2,23,24)/t15-/m0/s1. The highest BCUT2D eigenvalue weighted by atomic mass is 16.3. The normalized spacial score (nSPS) is 15.4. The summed E-state index contributed by atoms with van der Waals surface area (Å²) in [6.07, 6.45) is 5.51. The van der Waals surface area contributed by atoms with Gasteiger partial charge in [-0.25, -0.2) is 15.0 Å². The summed E-state index contributed by atoms with van der Waals surface area (Å²) >= 11 is 0. The van der Waals surface area contributed by atoms with Crippen LogP contribution in [-0.2, 0) is 6.54 Å². The Morgan fingerprint density at radius 1 is 1.21 bits per heavy atom. The molecule has 0 radical (unpaired) electrons. The number of likely N-dealkylation sites (tertiary alicyclic amines) is 1. The quantitative estimate of drug-likeness (QED) is 0.686. The van der Waals surface area contributed by atoms with Gasteiger partial charge >= 0.3 is 0 Å². The van der Waals surface area contributed by atoms with Gasteiger partial charge in [-0.2, -0.15) is 0 Å². The molecule has 0 amide bonds. The lowest BCUT2D eigenvalue weighted by Crippen LogP contribution is -2.19. The molecule has 0 aliphatic carbocycles. The molecular weight excluding hydrogens is 350 g/mol. The van der Waals surface area contributed by atoms with E-state index in [9.17, 15) is 5.11 Å². The van der Waals surface area contributed by atoms with Crippen molar-refractivity contribution in [2.24, 2.45) is 0 Å². The number of rotatable bonds is 3. The van der Waals surface area contributed by atoms with Crippen molar-refractivity contribution in [3.8, 4) is 23.2 Å². The third kappa shape index (κ3) is 3.96. The van der Waals surface area contributed by atoms with Crippen molar-refractivity contribution >= 4 is 16.7 Å². The van der Waals surface area contributed by atoms with Gasteiger partial charge in [-0.3, -0.25) is 4.90 Å². The van der Waals surface area contributed by atoms with E-state index in [2.05, 4.69) is 26.7 Å². The summed E-state index contributed by atoms with van der Waals surface area (Å²) in [4.78, 5) is 16.1. The molecular formula is C22H23N5O. The minimum absolute atomic E-state index is 0.411. The molecule has 1 aliphatic rings. The van der Waals surface area contributed by atoms with E-state index in [0.29, 0.717) is 17.2 Å². The van der Waals surface area contributed by atoms with Crippen LogP contribution in [0.2, 0.25) is 0 Å². The maximum atomic E-state index is 9.35. The Hall–Kier alpha value is -3.01. The molecule has 3 N–H and O–H groups in total. The van der Waals surface area contributed by atoms with Crippen molar-refractivity contribution in [3.63, 3.8) is 0 Å². The molecule has 1 aliphatic heterocycles. The van der Waals surface area contributed by atoms with Gasteiger partial charge in [0.2, 0.25) is 0 Å². The van der Waals surface area contributed by atoms with E-state index in [1.54, 1.807) is 6.92 Å². The van der Waals surface area contributed by atoms with Gasteiger partial charge in [-0.15, -0.1) is 0 Å². The first-order valence-electron chi connectivity index (χ1n) is 9.52. The van der Waals surface area contributed by atoms with Crippen LogP contribution in [0, 0.1) is 11.8 Å². The highest BCUT2D eigenvalue weighted by Crippen LogP contribution is 2.25. The molecule has 1 fully saturated rings. The molecule has 0 bridgehead atoms. The van der Waals surface area contributed by atoms with E-state index in [4.69, 9.17) is 10.7 Å². The van der Waals surface area contributed by atoms with Crippen molar-refractivity contribution in [1.82, 2.24) is 19.9 Å². The van der Waals surface area contributed by atoms with E-state index in [0.717, 1.165) is 41.7 Å². The molecule has 2 aromatic heterocycles. The number of nitrogens with zero attached hydrogens (tertiary/aromatic N) is 4. The summed E-state index contributed by atoms with van der Waals surface area (Å²) in [5.74, 6) is 6.70. The smallest absolute Gasteiger partial charge is 0.159 e. The van der Waals surface area contributed by atoms with E-state index in [1.165, 1.54) is 12.8 Å². The highest BCUT2D eigenvalue weighted by molar-refractivity contribution is 5.90. The fourth-order valence-corrected chi connectivity index (χ4v) is 3.46. The van der Waals surface area contributed by atoms with Crippen LogP contribution >= 0.6 is 0 Å². The molecule has 1 aromatic carbocycles. The first kappa shape index (κ1) is 18.4. The lowest BCUT2D eigenvalue weighted by molar-refractivity contribution is 0.253. The maximum absolute atomic E-state index is 9.35. The van der Waals surface area contributed by atoms with Gasteiger partial charge in [0.05, 0.1) is 0 Å². The SMILES string of the molecule is C[C@H](O)C#Cc1cccc(-c2ncc3c(CN4CCCC4)cnc(N)c3n2)c1. The van der Waals surface area contributed by atoms with Crippen molar-refractivity contribution < 1.29 is 5.11 Å². The molecule has 3 heterocycles. The van der Waals surface area contributed by atoms with Crippen LogP contribution < -0.4 is 5.73 Å². The number of aliphatic hydroxyl groups is 1. The number of aliphatic hydroxyl groups excluding tert-OH is 1. The van der Waals surface area contributed by atoms with Gasteiger partial charge in [0.15, 0.2) is 5.82 Å². The zero-order chi connectivity index (χ0) is 19.5. The Morgan fingerprint density at radius 3 is 2.82 bits per heavy atom. The largest absolute Gasteiger partial charge is 0.382 e. The van der Waals surface area contributed by atoms with Crippen LogP contribution in [-0.4, -0.2) is 44.2 Å². The molecule has 6 heteroatoms. The molecule has 3 aromatic rings. The number of benzene rings is 1. The molecule has 0 spiro atoms. The zero-order valence-corrected chi connectivity index (χ0v) is 15.9. The van der Waals surface area contributed by atoms with Gasteiger partial charge in [0, 0.05) is 35.5 Å². The van der Waals surface area contributed by atoms with Gasteiger partial charge in [0.25, 0.3) is 0 Å². The van der Waals surface area contributed by atoms with Crippen LogP contribution in [0.1, 0.15) is 30.9 Å². The lowest BCUT2D eigenvalue weighted by Gasteiger charge is -2.16. The third-order valence-electron chi connectivity index (χ3n) is 4.88. The number of nitrogens with two attached hydrogens (primary N) is 1. The Kier molecular flexibility index (Phi) is 5.20. The zero-order valence-electron chi connectivity index (χ0n) is 15.9. The molecule has 0 unspecified atom stereocenters. The Morgan fingerprint density at radius 2 is 2.04 bits per heavy atom. The summed E-state index contributed by atoms with van der Waals surface area (Å²) in [5.41, 5.74) is 9.57. The van der Waals surface area contributed by atoms with Crippen molar-refractivity contribution in [2.45, 2.75) is 32.4 Å². The summed E-state index contributed by atoms with van der Waals surface area (Å²) in [6.45, 7) is 4.71. The second kappa shape index (κ2) is 7.93. The molecule has 1 atom stereocenters. The number of hydrogen-bond donors (Lipinski definition) is 2. The Labute approximate surface area is 164 Å². The molecule has 1 saturated heterocycles. The number of fused-ring (bicyclic) bond motifs is 1. The number of anilines is 1. The minimum Gasteiger partial charge on any atom is -0.382 e. The lowest BCUT2D eigenvalue weighted by atomic mass is 10.1. The first-order chi connectivity index (χ1) is 13.6. The van der Waals surface area contributed by atoms with E-state index >= 15 is 0 Å². The second-order valence-electron chi connectivity index (χ2n) is 7.13. The molecule has 28 heavy (non-hydrogen) atoms. The van der Waals surface area contributed by atoms with Crippen LogP contribution in [0.3, 0.4) is 0 Å². The van der Waals surface area contributed by atoms with Crippen molar-refractivity contribution in [1.29, 1.82) is 0 Å². The summed E-state index contributed by atoms with van der Waals surface area (Å²) in [6, 6.07) is 7.64. The number of hydrogen-bond acceptors (Lipinski definition) is 6. The third-order valence-corrected chi connectivity index (χ3v) is 4.88. The summed E-state index contributed by atoms with van der Waals surface area (Å²) in [5, 5.41) is 10.3. The average Bonchev–Trinajstić information content (AvgIpc) is 3.22. The van der Waals surface area contributed by atoms with Crippen molar-refractivity contribution in [3.05, 3.63) is 47.8 Å². The maximum Gasteiger partial charge on any atom is 0.159 e. The predicted octanol–water partition coefficient (Wildman–Crippen LogP) is 2.60. The van der Waals surface area contributed by atoms with Crippen molar-refractivity contribution in [2.75, 3.05) is 18.8 Å². The van der Waals surface area contributed by atoms with Crippen LogP contribution in [0.4, 0.5) is 5.82 Å². The highest BCUT2D eigenvalue weighted by Gasteiger charge is 2.16. The first-order valence-corrected chi connectivity index (χ1v) is 9.52. The van der Waals surface area contributed by atoms with Gasteiger partial charge in [0.1, 0.15) is 17.4 Å². The van der Waals surface area contributed by atoms with Gasteiger partial charge in [-0.1, -0.05) is 24.0 Å². The molecule has 4 rings (SSSR count). The van der Waals surface area contributed by atoms with Crippen LogP contribution in [0.15, 0.2) is 36.7 Å². The predicted molar refractivity (Wildman–Crippen MR) is 110 cm³/mol. The fourth-order valence-electron chi connectivity index (χ4n) is 3.46. The van der Waals surface area contributed by atoms with Gasteiger partial charge < -0.3 is 10.8 Å².